The molecule has 1 aromatic carbocycles. The van der Waals surface area contributed by atoms with Gasteiger partial charge in [0.1, 0.15) is 5.75 Å². The fourth-order valence-electron chi connectivity index (χ4n) is 5.63. The lowest BCUT2D eigenvalue weighted by atomic mass is 9.86. The number of unbranched alkanes of at least 4 members (excludes halogenated alkanes) is 6. The van der Waals surface area contributed by atoms with E-state index in [1.54, 1.807) is 0 Å². The fraction of sp³-hybridized carbons (Fsp3) is 0.639. The Bertz CT molecular complexity index is 1090. The number of ether oxygens (including phenoxy) is 1. The van der Waals surface area contributed by atoms with Crippen molar-refractivity contribution in [3.8, 4) is 5.75 Å². The molecule has 1 heterocycles. The maximum Gasteiger partial charge on any atom is 0.310 e. The van der Waals surface area contributed by atoms with Crippen LogP contribution < -0.4 is 15.8 Å². The minimum absolute atomic E-state index is 0.149. The highest BCUT2D eigenvalue weighted by Gasteiger charge is 2.26. The van der Waals surface area contributed by atoms with Gasteiger partial charge in [0.25, 0.3) is 0 Å². The Morgan fingerprint density at radius 3 is 2.39 bits per heavy atom. The summed E-state index contributed by atoms with van der Waals surface area (Å²) in [4.78, 5) is 37.7. The van der Waals surface area contributed by atoms with Crippen LogP contribution in [0.5, 0.6) is 5.75 Å². The molecule has 0 unspecified atom stereocenters. The highest BCUT2D eigenvalue weighted by Crippen LogP contribution is 2.32. The van der Waals surface area contributed by atoms with Crippen LogP contribution in [0.2, 0.25) is 0 Å². The average Bonchev–Trinajstić information content (AvgIpc) is 3.54. The number of nitrogens with zero attached hydrogens (tertiary/aromatic N) is 1. The van der Waals surface area contributed by atoms with Gasteiger partial charge >= 0.3 is 5.97 Å². The zero-order chi connectivity index (χ0) is 32.0. The van der Waals surface area contributed by atoms with Crippen LogP contribution in [0, 0.1) is 0 Å². The van der Waals surface area contributed by atoms with Gasteiger partial charge in [-0.2, -0.15) is 0 Å². The zero-order valence-corrected chi connectivity index (χ0v) is 28.4. The maximum atomic E-state index is 11.7. The van der Waals surface area contributed by atoms with E-state index in [-0.39, 0.29) is 17.8 Å². The van der Waals surface area contributed by atoms with Crippen molar-refractivity contribution in [2.75, 3.05) is 19.6 Å². The summed E-state index contributed by atoms with van der Waals surface area (Å²) in [6.07, 6.45) is 15.4. The number of nitrogens with two attached hydrogens (primary N) is 1. The molecule has 1 aliphatic rings. The van der Waals surface area contributed by atoms with Gasteiger partial charge in [-0.15, -0.1) is 11.3 Å². The number of carbonyl (C=O) groups is 3. The molecule has 0 fully saturated rings. The van der Waals surface area contributed by atoms with E-state index < -0.39 is 0 Å². The second-order valence-electron chi connectivity index (χ2n) is 11.8. The van der Waals surface area contributed by atoms with Gasteiger partial charge in [-0.3, -0.25) is 19.3 Å². The van der Waals surface area contributed by atoms with E-state index in [1.807, 2.05) is 30.4 Å². The van der Waals surface area contributed by atoms with Crippen molar-refractivity contribution in [2.45, 2.75) is 130 Å². The largest absolute Gasteiger partial charge is 0.426 e. The Hall–Kier alpha value is -2.71. The topological polar surface area (TPSA) is 102 Å². The summed E-state index contributed by atoms with van der Waals surface area (Å²) in [5, 5.41) is 5.10. The van der Waals surface area contributed by atoms with Crippen LogP contribution in [-0.2, 0) is 33.6 Å². The van der Waals surface area contributed by atoms with Crippen molar-refractivity contribution in [3.63, 3.8) is 0 Å². The van der Waals surface area contributed by atoms with E-state index in [4.69, 9.17) is 10.5 Å². The number of primary amides is 1. The van der Waals surface area contributed by atoms with Gasteiger partial charge in [0.2, 0.25) is 11.8 Å². The molecule has 1 aliphatic carbocycles. The van der Waals surface area contributed by atoms with Gasteiger partial charge in [-0.25, -0.2) is 0 Å². The summed E-state index contributed by atoms with van der Waals surface area (Å²) >= 11 is 1.85. The van der Waals surface area contributed by atoms with Gasteiger partial charge in [0.05, 0.1) is 0 Å². The van der Waals surface area contributed by atoms with Crippen LogP contribution in [0.3, 0.4) is 0 Å². The van der Waals surface area contributed by atoms with Crippen LogP contribution in [0.4, 0.5) is 0 Å². The van der Waals surface area contributed by atoms with Crippen LogP contribution in [-0.4, -0.2) is 48.4 Å². The summed E-state index contributed by atoms with van der Waals surface area (Å²) in [7, 11) is 0. The van der Waals surface area contributed by atoms with Crippen molar-refractivity contribution in [1.82, 2.24) is 10.2 Å². The molecule has 3 N–H and O–H groups in total. The first-order valence-electron chi connectivity index (χ1n) is 17.0. The molecule has 1 aromatic heterocycles. The summed E-state index contributed by atoms with van der Waals surface area (Å²) < 4.78 is 5.55. The fourth-order valence-corrected chi connectivity index (χ4v) is 6.33. The molecular formula is C36H57N3O4S. The molecule has 2 amide bonds. The molecule has 1 atom stereocenters. The number of hydrogen-bond acceptors (Lipinski definition) is 6. The van der Waals surface area contributed by atoms with E-state index in [1.165, 1.54) is 41.7 Å². The molecule has 2 aromatic rings. The van der Waals surface area contributed by atoms with Crippen molar-refractivity contribution < 1.29 is 19.1 Å². The first-order chi connectivity index (χ1) is 21.4. The molecule has 44 heavy (non-hydrogen) atoms. The molecular weight excluding hydrogens is 570 g/mol. The SMILES string of the molecule is CCCCCCNC(=O)CCCCCCC(N)=O.CCCN(CCc1cccs1)[C@@H]1CCc2c(cccc2OC(=O)CC)C1. The van der Waals surface area contributed by atoms with Crippen LogP contribution in [0.1, 0.15) is 120 Å². The van der Waals surface area contributed by atoms with Gasteiger partial charge in [-0.05, 0) is 86.6 Å². The van der Waals surface area contributed by atoms with Crippen molar-refractivity contribution in [3.05, 3.63) is 51.7 Å². The molecule has 7 nitrogen and oxygen atoms in total. The molecule has 0 aliphatic heterocycles. The number of amides is 2. The minimum atomic E-state index is -0.236. The predicted octanol–water partition coefficient (Wildman–Crippen LogP) is 7.38. The second-order valence-corrected chi connectivity index (χ2v) is 12.8. The monoisotopic (exact) mass is 627 g/mol. The quantitative estimate of drug-likeness (QED) is 0.0906. The molecule has 0 radical (unpaired) electrons. The first-order valence-corrected chi connectivity index (χ1v) is 17.9. The number of carbonyl (C=O) groups excluding carboxylic acids is 3. The highest BCUT2D eigenvalue weighted by atomic mass is 32.1. The van der Waals surface area contributed by atoms with E-state index in [0.29, 0.717) is 25.3 Å². The average molecular weight is 628 g/mol. The van der Waals surface area contributed by atoms with E-state index in [2.05, 4.69) is 47.6 Å². The number of rotatable bonds is 20. The third kappa shape index (κ3) is 15.3. The van der Waals surface area contributed by atoms with Crippen LogP contribution in [0.25, 0.3) is 0 Å². The summed E-state index contributed by atoms with van der Waals surface area (Å²) in [5.74, 6) is 0.540. The van der Waals surface area contributed by atoms with Gasteiger partial charge in [-0.1, -0.05) is 71.1 Å². The Labute approximate surface area is 270 Å². The number of benzene rings is 1. The molecule has 246 valence electrons. The lowest BCUT2D eigenvalue weighted by Gasteiger charge is -2.35. The molecule has 3 rings (SSSR count). The van der Waals surface area contributed by atoms with Gasteiger partial charge in [0.15, 0.2) is 0 Å². The van der Waals surface area contributed by atoms with Crippen molar-refractivity contribution in [1.29, 1.82) is 0 Å². The second kappa shape index (κ2) is 22.7. The maximum absolute atomic E-state index is 11.7. The lowest BCUT2D eigenvalue weighted by molar-refractivity contribution is -0.134. The highest BCUT2D eigenvalue weighted by molar-refractivity contribution is 7.09. The summed E-state index contributed by atoms with van der Waals surface area (Å²) in [6, 6.07) is 11.1. The Morgan fingerprint density at radius 2 is 1.70 bits per heavy atom. The number of thiophene rings is 1. The standard InChI is InChI=1S/C22H29NO2S.C14H28N2O2/c1-3-13-23(14-12-19-8-6-15-26-19)18-10-11-20-17(16-18)7-5-9-21(20)25-22(24)4-2;1-2-3-4-9-12-16-14(18)11-8-6-5-7-10-13(15)17/h5-9,15,18H,3-4,10-14,16H2,1-2H3;2-12H2,1H3,(H2,15,17)(H,16,18)/t18-;/m1./s1. The molecule has 0 saturated heterocycles. The molecule has 0 spiro atoms. The number of fused-ring (bicyclic) bond motifs is 1. The summed E-state index contributed by atoms with van der Waals surface area (Å²) in [6.45, 7) is 9.35. The van der Waals surface area contributed by atoms with E-state index in [9.17, 15) is 14.4 Å². The van der Waals surface area contributed by atoms with Crippen LogP contribution >= 0.6 is 11.3 Å². The van der Waals surface area contributed by atoms with Gasteiger partial charge in [0, 0.05) is 43.3 Å². The van der Waals surface area contributed by atoms with Crippen molar-refractivity contribution >= 4 is 29.1 Å². The number of hydrogen-bond donors (Lipinski definition) is 2. The first kappa shape index (κ1) is 37.5. The Balaban J connectivity index is 0.000000331. The van der Waals surface area contributed by atoms with Crippen LogP contribution in [0.15, 0.2) is 35.7 Å². The Kier molecular flexibility index (Phi) is 19.4. The normalized spacial score (nSPS) is 14.0. The third-order valence-electron chi connectivity index (χ3n) is 8.11. The van der Waals surface area contributed by atoms with E-state index in [0.717, 1.165) is 83.2 Å². The predicted molar refractivity (Wildman–Crippen MR) is 182 cm³/mol. The molecule has 0 bridgehead atoms. The molecule has 8 heteroatoms. The molecule has 0 saturated carbocycles. The number of nitrogens with one attached hydrogen (secondary N) is 1. The minimum Gasteiger partial charge on any atom is -0.426 e. The van der Waals surface area contributed by atoms with E-state index >= 15 is 0 Å². The summed E-state index contributed by atoms with van der Waals surface area (Å²) in [5.41, 5.74) is 7.63. The Morgan fingerprint density at radius 1 is 0.932 bits per heavy atom. The zero-order valence-electron chi connectivity index (χ0n) is 27.5. The number of esters is 1. The smallest absolute Gasteiger partial charge is 0.310 e. The lowest BCUT2D eigenvalue weighted by Crippen LogP contribution is -2.41. The third-order valence-corrected chi connectivity index (χ3v) is 9.04. The van der Waals surface area contributed by atoms with Gasteiger partial charge < -0.3 is 15.8 Å². The van der Waals surface area contributed by atoms with Crippen molar-refractivity contribution in [2.24, 2.45) is 5.73 Å².